The molecule has 2 heterocycles. The highest BCUT2D eigenvalue weighted by Gasteiger charge is 2.26. The van der Waals surface area contributed by atoms with Crippen molar-refractivity contribution in [3.8, 4) is 17.0 Å². The second kappa shape index (κ2) is 11.5. The number of amidine groups is 1. The average Bonchev–Trinajstić information content (AvgIpc) is 2.90. The van der Waals surface area contributed by atoms with Gasteiger partial charge >= 0.3 is 0 Å². The third-order valence-electron chi connectivity index (χ3n) is 5.80. The van der Waals surface area contributed by atoms with Crippen LogP contribution in [-0.2, 0) is 4.79 Å². The monoisotopic (exact) mass is 505 g/mol. The van der Waals surface area contributed by atoms with Gasteiger partial charge in [-0.3, -0.25) is 9.79 Å². The predicted octanol–water partition coefficient (Wildman–Crippen LogP) is 3.20. The van der Waals surface area contributed by atoms with Gasteiger partial charge < -0.3 is 26.0 Å². The van der Waals surface area contributed by atoms with Crippen molar-refractivity contribution in [2.24, 2.45) is 15.7 Å². The van der Waals surface area contributed by atoms with Crippen LogP contribution in [0.1, 0.15) is 5.69 Å². The number of carbonyl (C=O) groups excluding carboxylic acids is 1. The topological polar surface area (TPSA) is 122 Å². The largest absolute Gasteiger partial charge is 0.484 e. The number of anilines is 1. The zero-order valence-electron chi connectivity index (χ0n) is 20.0. The van der Waals surface area contributed by atoms with E-state index in [1.54, 1.807) is 36.2 Å². The van der Waals surface area contributed by atoms with E-state index in [1.165, 1.54) is 6.34 Å². The van der Waals surface area contributed by atoms with Crippen molar-refractivity contribution in [3.05, 3.63) is 71.4 Å². The van der Waals surface area contributed by atoms with E-state index in [9.17, 15) is 4.79 Å². The minimum Gasteiger partial charge on any atom is -0.484 e. The van der Waals surface area contributed by atoms with E-state index in [4.69, 9.17) is 32.8 Å². The molecule has 2 aromatic carbocycles. The molecule has 36 heavy (non-hydrogen) atoms. The van der Waals surface area contributed by atoms with E-state index in [1.807, 2.05) is 36.4 Å². The van der Waals surface area contributed by atoms with Crippen molar-refractivity contribution in [3.63, 3.8) is 0 Å². The molecule has 0 bridgehead atoms. The smallest absolute Gasteiger partial charge is 0.260 e. The van der Waals surface area contributed by atoms with Gasteiger partial charge in [-0.15, -0.1) is 0 Å². The Morgan fingerprint density at radius 2 is 1.81 bits per heavy atom. The van der Waals surface area contributed by atoms with E-state index in [0.29, 0.717) is 59.9 Å². The predicted molar refractivity (Wildman–Crippen MR) is 144 cm³/mol. The van der Waals surface area contributed by atoms with Crippen LogP contribution in [0.5, 0.6) is 5.75 Å². The van der Waals surface area contributed by atoms with Crippen LogP contribution in [-0.4, -0.2) is 72.7 Å². The highest BCUT2D eigenvalue weighted by atomic mass is 35.5. The molecule has 1 aliphatic heterocycles. The number of nitrogens with two attached hydrogens (primary N) is 2. The number of hydrogen-bond acceptors (Lipinski definition) is 6. The van der Waals surface area contributed by atoms with Crippen LogP contribution in [0.4, 0.5) is 11.4 Å². The fourth-order valence-corrected chi connectivity index (χ4v) is 4.12. The molecular weight excluding hydrogens is 478 g/mol. The molecule has 10 heteroatoms. The molecule has 1 amide bonds. The highest BCUT2D eigenvalue weighted by molar-refractivity contribution is 6.30. The SMILES string of the molecule is CN=C(c1nc(-c2cccc(N)c2)ccc1N=CN)N1CCN(C(=O)COc2ccc(Cl)cc2)CC1. The van der Waals surface area contributed by atoms with Gasteiger partial charge in [-0.25, -0.2) is 9.98 Å². The van der Waals surface area contributed by atoms with Crippen molar-refractivity contribution < 1.29 is 9.53 Å². The average molecular weight is 506 g/mol. The van der Waals surface area contributed by atoms with E-state index in [2.05, 4.69) is 14.9 Å². The molecule has 0 spiro atoms. The van der Waals surface area contributed by atoms with Crippen LogP contribution < -0.4 is 16.2 Å². The first-order chi connectivity index (χ1) is 17.5. The van der Waals surface area contributed by atoms with Crippen LogP contribution in [0.25, 0.3) is 11.3 Å². The lowest BCUT2D eigenvalue weighted by atomic mass is 10.1. The van der Waals surface area contributed by atoms with Gasteiger partial charge in [0, 0.05) is 49.5 Å². The van der Waals surface area contributed by atoms with Crippen molar-refractivity contribution in [2.45, 2.75) is 0 Å². The number of nitrogen functional groups attached to an aromatic ring is 1. The van der Waals surface area contributed by atoms with Crippen molar-refractivity contribution in [1.29, 1.82) is 0 Å². The summed E-state index contributed by atoms with van der Waals surface area (Å²) in [7, 11) is 1.72. The number of halogens is 1. The Kier molecular flexibility index (Phi) is 8.02. The summed E-state index contributed by atoms with van der Waals surface area (Å²) in [5.74, 6) is 1.21. The van der Waals surface area contributed by atoms with Crippen molar-refractivity contribution >= 4 is 41.1 Å². The molecular formula is C26H28ClN7O2. The molecule has 1 saturated heterocycles. The van der Waals surface area contributed by atoms with Crippen LogP contribution in [0, 0.1) is 0 Å². The third kappa shape index (κ3) is 5.92. The highest BCUT2D eigenvalue weighted by Crippen LogP contribution is 2.26. The minimum absolute atomic E-state index is 0.0322. The summed E-state index contributed by atoms with van der Waals surface area (Å²) < 4.78 is 5.61. The van der Waals surface area contributed by atoms with Crippen molar-refractivity contribution in [1.82, 2.24) is 14.8 Å². The minimum atomic E-state index is -0.0743. The maximum absolute atomic E-state index is 12.7. The Balaban J connectivity index is 1.46. The van der Waals surface area contributed by atoms with Gasteiger partial charge in [-0.05, 0) is 48.5 Å². The normalized spacial score (nSPS) is 14.3. The maximum atomic E-state index is 12.7. The lowest BCUT2D eigenvalue weighted by Crippen LogP contribution is -2.52. The van der Waals surface area contributed by atoms with Gasteiger partial charge in [0.05, 0.1) is 17.7 Å². The molecule has 186 valence electrons. The van der Waals surface area contributed by atoms with Crippen LogP contribution in [0.2, 0.25) is 5.02 Å². The number of nitrogens with zero attached hydrogens (tertiary/aromatic N) is 5. The van der Waals surface area contributed by atoms with Gasteiger partial charge in [0.25, 0.3) is 5.91 Å². The number of carbonyl (C=O) groups is 1. The van der Waals surface area contributed by atoms with E-state index in [-0.39, 0.29) is 12.5 Å². The molecule has 9 nitrogen and oxygen atoms in total. The van der Waals surface area contributed by atoms with Crippen LogP contribution in [0.3, 0.4) is 0 Å². The number of hydrogen-bond donors (Lipinski definition) is 2. The van der Waals surface area contributed by atoms with Gasteiger partial charge in [0.2, 0.25) is 0 Å². The quantitative estimate of drug-likeness (QED) is 0.301. The van der Waals surface area contributed by atoms with Gasteiger partial charge in [-0.2, -0.15) is 0 Å². The maximum Gasteiger partial charge on any atom is 0.260 e. The molecule has 0 unspecified atom stereocenters. The Bertz CT molecular complexity index is 1270. The first-order valence-electron chi connectivity index (χ1n) is 11.5. The lowest BCUT2D eigenvalue weighted by Gasteiger charge is -2.36. The number of aliphatic imine (C=N–C) groups is 2. The number of rotatable bonds is 6. The van der Waals surface area contributed by atoms with Crippen LogP contribution in [0.15, 0.2) is 70.6 Å². The number of amides is 1. The molecule has 1 aromatic heterocycles. The molecule has 0 atom stereocenters. The van der Waals surface area contributed by atoms with E-state index >= 15 is 0 Å². The Morgan fingerprint density at radius 1 is 1.08 bits per heavy atom. The van der Waals surface area contributed by atoms with Gasteiger partial charge in [-0.1, -0.05) is 23.7 Å². The molecule has 0 aliphatic carbocycles. The molecule has 3 aromatic rings. The standard InChI is InChI=1S/C26H28ClN7O2/c1-30-26(25-23(31-17-28)10-9-22(32-25)18-3-2-4-20(29)15-18)34-13-11-33(12-14-34)24(35)16-36-21-7-5-19(27)6-8-21/h2-10,15,17H,11-14,16,29H2,1H3,(H2,28,31). The summed E-state index contributed by atoms with van der Waals surface area (Å²) in [5.41, 5.74) is 15.1. The summed E-state index contributed by atoms with van der Waals surface area (Å²) in [5, 5.41) is 0.617. The third-order valence-corrected chi connectivity index (χ3v) is 6.05. The number of aromatic nitrogens is 1. The zero-order valence-corrected chi connectivity index (χ0v) is 20.7. The number of piperazine rings is 1. The summed E-state index contributed by atoms with van der Waals surface area (Å²) in [4.78, 5) is 30.3. The Hall–Kier alpha value is -4.11. The zero-order chi connectivity index (χ0) is 25.5. The first kappa shape index (κ1) is 25.0. The summed E-state index contributed by atoms with van der Waals surface area (Å²) in [6, 6.07) is 18.2. The summed E-state index contributed by atoms with van der Waals surface area (Å²) in [6.07, 6.45) is 1.24. The van der Waals surface area contributed by atoms with Crippen molar-refractivity contribution in [2.75, 3.05) is 45.6 Å². The molecule has 1 fully saturated rings. The molecule has 4 rings (SSSR count). The van der Waals surface area contributed by atoms with Crippen LogP contribution >= 0.6 is 11.6 Å². The Labute approximate surface area is 215 Å². The van der Waals surface area contributed by atoms with Gasteiger partial charge in [0.1, 0.15) is 11.4 Å². The second-order valence-electron chi connectivity index (χ2n) is 8.13. The number of ether oxygens (including phenoxy) is 1. The molecule has 0 saturated carbocycles. The molecule has 4 N–H and O–H groups in total. The summed E-state index contributed by atoms with van der Waals surface area (Å²) >= 11 is 5.90. The fourth-order valence-electron chi connectivity index (χ4n) is 3.99. The fraction of sp³-hybridized carbons (Fsp3) is 0.231. The van der Waals surface area contributed by atoms with E-state index in [0.717, 1.165) is 11.3 Å². The second-order valence-corrected chi connectivity index (χ2v) is 8.56. The van der Waals surface area contributed by atoms with Gasteiger partial charge in [0.15, 0.2) is 12.4 Å². The number of pyridine rings is 1. The first-order valence-corrected chi connectivity index (χ1v) is 11.9. The van der Waals surface area contributed by atoms with E-state index < -0.39 is 0 Å². The Morgan fingerprint density at radius 3 is 2.47 bits per heavy atom. The molecule has 1 aliphatic rings. The molecule has 0 radical (unpaired) electrons. The summed E-state index contributed by atoms with van der Waals surface area (Å²) in [6.45, 7) is 2.22. The number of benzene rings is 2. The lowest BCUT2D eigenvalue weighted by molar-refractivity contribution is -0.134.